The number of hydrogen-bond donors (Lipinski definition) is 0. The van der Waals surface area contributed by atoms with Gasteiger partial charge in [0.1, 0.15) is 6.04 Å². The molecule has 0 aromatic carbocycles. The first-order valence-electron chi connectivity index (χ1n) is 4.98. The highest BCUT2D eigenvalue weighted by molar-refractivity contribution is 5.75. The molecule has 0 aliphatic rings. The third-order valence-corrected chi connectivity index (χ3v) is 2.23. The van der Waals surface area contributed by atoms with Crippen LogP contribution in [0.25, 0.3) is 0 Å². The number of methoxy groups -OCH3 is 1. The van der Waals surface area contributed by atoms with Crippen molar-refractivity contribution in [2.75, 3.05) is 21.2 Å². The average Bonchev–Trinajstić information content (AvgIpc) is 2.16. The lowest BCUT2D eigenvalue weighted by Crippen LogP contribution is -2.36. The quantitative estimate of drug-likeness (QED) is 0.356. The molecule has 0 aromatic rings. The standard InChI is InChI=1S/C11H21NO2/c1-5-6-7-8-9-10(12(2)3)11(13)14-4/h5,10H,1,6-9H2,2-4H3/t10-/m0/s1. The maximum Gasteiger partial charge on any atom is 0.323 e. The van der Waals surface area contributed by atoms with Crippen LogP contribution in [-0.4, -0.2) is 38.1 Å². The fourth-order valence-corrected chi connectivity index (χ4v) is 1.35. The molecule has 0 rings (SSSR count). The van der Waals surface area contributed by atoms with Gasteiger partial charge in [0.25, 0.3) is 0 Å². The second-order valence-electron chi connectivity index (χ2n) is 3.58. The SMILES string of the molecule is C=CCCCC[C@@H](C(=O)OC)N(C)C. The van der Waals surface area contributed by atoms with Crippen LogP contribution in [0.5, 0.6) is 0 Å². The lowest BCUT2D eigenvalue weighted by Gasteiger charge is -2.21. The minimum atomic E-state index is -0.145. The molecule has 0 radical (unpaired) electrons. The number of nitrogens with zero attached hydrogens (tertiary/aromatic N) is 1. The van der Waals surface area contributed by atoms with Crippen LogP contribution in [0.2, 0.25) is 0 Å². The summed E-state index contributed by atoms with van der Waals surface area (Å²) in [5.74, 6) is -0.145. The topological polar surface area (TPSA) is 29.5 Å². The number of carbonyl (C=O) groups is 1. The molecule has 14 heavy (non-hydrogen) atoms. The zero-order valence-electron chi connectivity index (χ0n) is 9.45. The van der Waals surface area contributed by atoms with Crippen LogP contribution in [0.1, 0.15) is 25.7 Å². The molecule has 0 N–H and O–H groups in total. The van der Waals surface area contributed by atoms with E-state index in [1.807, 2.05) is 25.1 Å². The van der Waals surface area contributed by atoms with Gasteiger partial charge in [-0.25, -0.2) is 0 Å². The molecule has 0 spiro atoms. The van der Waals surface area contributed by atoms with Gasteiger partial charge in [-0.1, -0.05) is 12.5 Å². The van der Waals surface area contributed by atoms with Crippen molar-refractivity contribution in [3.63, 3.8) is 0 Å². The Morgan fingerprint density at radius 2 is 2.14 bits per heavy atom. The summed E-state index contributed by atoms with van der Waals surface area (Å²) >= 11 is 0. The van der Waals surface area contributed by atoms with E-state index in [0.717, 1.165) is 25.7 Å². The Morgan fingerprint density at radius 3 is 2.57 bits per heavy atom. The second-order valence-corrected chi connectivity index (χ2v) is 3.58. The third kappa shape index (κ3) is 5.02. The maximum absolute atomic E-state index is 11.3. The van der Waals surface area contributed by atoms with E-state index in [1.54, 1.807) is 0 Å². The highest BCUT2D eigenvalue weighted by Gasteiger charge is 2.20. The molecule has 1 atom stereocenters. The van der Waals surface area contributed by atoms with Gasteiger partial charge in [0, 0.05) is 0 Å². The summed E-state index contributed by atoms with van der Waals surface area (Å²) in [4.78, 5) is 13.2. The highest BCUT2D eigenvalue weighted by Crippen LogP contribution is 2.09. The predicted molar refractivity (Wildman–Crippen MR) is 58.2 cm³/mol. The number of allylic oxidation sites excluding steroid dienone is 1. The van der Waals surface area contributed by atoms with Crippen molar-refractivity contribution in [1.82, 2.24) is 4.90 Å². The molecule has 0 bridgehead atoms. The molecule has 0 amide bonds. The van der Waals surface area contributed by atoms with Crippen molar-refractivity contribution < 1.29 is 9.53 Å². The number of ether oxygens (including phenoxy) is 1. The molecule has 0 saturated carbocycles. The van der Waals surface area contributed by atoms with Crippen LogP contribution < -0.4 is 0 Å². The molecule has 0 fully saturated rings. The Morgan fingerprint density at radius 1 is 1.50 bits per heavy atom. The minimum absolute atomic E-state index is 0.107. The molecular weight excluding hydrogens is 178 g/mol. The summed E-state index contributed by atoms with van der Waals surface area (Å²) in [7, 11) is 5.23. The number of hydrogen-bond acceptors (Lipinski definition) is 3. The molecule has 0 aliphatic carbocycles. The number of esters is 1. The molecule has 0 heterocycles. The van der Waals surface area contributed by atoms with Gasteiger partial charge in [0.05, 0.1) is 7.11 Å². The molecule has 0 aliphatic heterocycles. The maximum atomic E-state index is 11.3. The van der Waals surface area contributed by atoms with Gasteiger partial charge >= 0.3 is 5.97 Å². The number of carbonyl (C=O) groups excluding carboxylic acids is 1. The van der Waals surface area contributed by atoms with Crippen molar-refractivity contribution in [3.05, 3.63) is 12.7 Å². The highest BCUT2D eigenvalue weighted by atomic mass is 16.5. The number of unbranched alkanes of at least 4 members (excludes halogenated alkanes) is 2. The van der Waals surface area contributed by atoms with Crippen LogP contribution in [0.3, 0.4) is 0 Å². The molecular formula is C11H21NO2. The van der Waals surface area contributed by atoms with Crippen LogP contribution in [0.4, 0.5) is 0 Å². The average molecular weight is 199 g/mol. The number of rotatable bonds is 7. The molecule has 0 aromatic heterocycles. The Balaban J connectivity index is 3.85. The van der Waals surface area contributed by atoms with Crippen LogP contribution in [-0.2, 0) is 9.53 Å². The van der Waals surface area contributed by atoms with Gasteiger partial charge in [0.15, 0.2) is 0 Å². The Bertz CT molecular complexity index is 178. The third-order valence-electron chi connectivity index (χ3n) is 2.23. The van der Waals surface area contributed by atoms with Gasteiger partial charge in [0.2, 0.25) is 0 Å². The van der Waals surface area contributed by atoms with Crippen LogP contribution >= 0.6 is 0 Å². The van der Waals surface area contributed by atoms with Crippen molar-refractivity contribution in [2.45, 2.75) is 31.7 Å². The van der Waals surface area contributed by atoms with Crippen LogP contribution in [0, 0.1) is 0 Å². The Kier molecular flexibility index (Phi) is 7.11. The Labute approximate surface area is 86.7 Å². The van der Waals surface area contributed by atoms with E-state index in [2.05, 4.69) is 6.58 Å². The van der Waals surface area contributed by atoms with E-state index < -0.39 is 0 Å². The lowest BCUT2D eigenvalue weighted by atomic mass is 10.1. The lowest BCUT2D eigenvalue weighted by molar-refractivity contribution is -0.146. The van der Waals surface area contributed by atoms with Gasteiger partial charge < -0.3 is 4.74 Å². The monoisotopic (exact) mass is 199 g/mol. The van der Waals surface area contributed by atoms with Gasteiger partial charge in [-0.2, -0.15) is 0 Å². The van der Waals surface area contributed by atoms with Gasteiger partial charge in [-0.15, -0.1) is 6.58 Å². The summed E-state index contributed by atoms with van der Waals surface area (Å²) in [6.07, 6.45) is 5.90. The first-order chi connectivity index (χ1) is 6.63. The van der Waals surface area contributed by atoms with E-state index in [1.165, 1.54) is 7.11 Å². The van der Waals surface area contributed by atoms with E-state index in [9.17, 15) is 4.79 Å². The van der Waals surface area contributed by atoms with Crippen molar-refractivity contribution in [3.8, 4) is 0 Å². The summed E-state index contributed by atoms with van der Waals surface area (Å²) < 4.78 is 4.73. The van der Waals surface area contributed by atoms with Crippen LogP contribution in [0.15, 0.2) is 12.7 Å². The zero-order valence-corrected chi connectivity index (χ0v) is 9.45. The van der Waals surface area contributed by atoms with Crippen molar-refractivity contribution >= 4 is 5.97 Å². The predicted octanol–water partition coefficient (Wildman–Crippen LogP) is 1.84. The smallest absolute Gasteiger partial charge is 0.323 e. The summed E-state index contributed by atoms with van der Waals surface area (Å²) in [5, 5.41) is 0. The van der Waals surface area contributed by atoms with Crippen molar-refractivity contribution in [1.29, 1.82) is 0 Å². The van der Waals surface area contributed by atoms with E-state index in [4.69, 9.17) is 4.74 Å². The van der Waals surface area contributed by atoms with E-state index in [0.29, 0.717) is 0 Å². The second kappa shape index (κ2) is 7.56. The molecule has 0 saturated heterocycles. The molecule has 82 valence electrons. The molecule has 0 unspecified atom stereocenters. The fraction of sp³-hybridized carbons (Fsp3) is 0.727. The number of likely N-dealkylation sites (N-methyl/N-ethyl adjacent to an activating group) is 1. The van der Waals surface area contributed by atoms with Gasteiger partial charge in [-0.3, -0.25) is 9.69 Å². The summed E-state index contributed by atoms with van der Waals surface area (Å²) in [6.45, 7) is 3.66. The minimum Gasteiger partial charge on any atom is -0.468 e. The zero-order chi connectivity index (χ0) is 11.0. The first-order valence-corrected chi connectivity index (χ1v) is 4.98. The fourth-order valence-electron chi connectivity index (χ4n) is 1.35. The van der Waals surface area contributed by atoms with E-state index >= 15 is 0 Å². The van der Waals surface area contributed by atoms with E-state index in [-0.39, 0.29) is 12.0 Å². The molecule has 3 nitrogen and oxygen atoms in total. The summed E-state index contributed by atoms with van der Waals surface area (Å²) in [5.41, 5.74) is 0. The Hall–Kier alpha value is -0.830. The first kappa shape index (κ1) is 13.2. The summed E-state index contributed by atoms with van der Waals surface area (Å²) in [6, 6.07) is -0.107. The van der Waals surface area contributed by atoms with Gasteiger partial charge in [-0.05, 0) is 33.4 Å². The van der Waals surface area contributed by atoms with Crippen molar-refractivity contribution in [2.24, 2.45) is 0 Å². The molecule has 3 heteroatoms. The normalized spacial score (nSPS) is 12.6. The largest absolute Gasteiger partial charge is 0.468 e.